The monoisotopic (exact) mass is 373 g/mol. The standard InChI is InChI=1S/C22H19N3OS/c26-22-21-19(23-14-24-22)18(20(27-21)16-6-2-1-3-7-16)15-8-10-17(11-9-15)25-12-4-5-13-25/h1-3,6-11,14H,4-5,12-13H2,(H,23,24,26). The van der Waals surface area contributed by atoms with Gasteiger partial charge in [0.05, 0.1) is 11.8 Å². The van der Waals surface area contributed by atoms with Crippen molar-refractivity contribution in [1.82, 2.24) is 9.97 Å². The summed E-state index contributed by atoms with van der Waals surface area (Å²) in [6.45, 7) is 2.26. The van der Waals surface area contributed by atoms with Gasteiger partial charge in [0.25, 0.3) is 5.56 Å². The van der Waals surface area contributed by atoms with Crippen LogP contribution in [0.1, 0.15) is 12.8 Å². The van der Waals surface area contributed by atoms with Gasteiger partial charge in [-0.3, -0.25) is 4.79 Å². The topological polar surface area (TPSA) is 49.0 Å². The summed E-state index contributed by atoms with van der Waals surface area (Å²) in [4.78, 5) is 23.1. The molecular weight excluding hydrogens is 354 g/mol. The minimum atomic E-state index is -0.0814. The summed E-state index contributed by atoms with van der Waals surface area (Å²) in [5.41, 5.74) is 5.21. The lowest BCUT2D eigenvalue weighted by molar-refractivity contribution is 0.949. The van der Waals surface area contributed by atoms with Crippen LogP contribution in [0.3, 0.4) is 0 Å². The molecule has 2 aromatic heterocycles. The molecule has 1 fully saturated rings. The number of rotatable bonds is 3. The minimum Gasteiger partial charge on any atom is -0.372 e. The Morgan fingerprint density at radius 1 is 0.926 bits per heavy atom. The zero-order valence-electron chi connectivity index (χ0n) is 14.8. The van der Waals surface area contributed by atoms with Crippen LogP contribution in [0.5, 0.6) is 0 Å². The molecule has 4 aromatic rings. The average Bonchev–Trinajstić information content (AvgIpc) is 3.38. The van der Waals surface area contributed by atoms with E-state index in [0.717, 1.165) is 40.2 Å². The van der Waals surface area contributed by atoms with Crippen molar-refractivity contribution in [3.05, 3.63) is 71.3 Å². The van der Waals surface area contributed by atoms with Gasteiger partial charge in [-0.15, -0.1) is 11.3 Å². The first-order chi connectivity index (χ1) is 13.3. The van der Waals surface area contributed by atoms with Gasteiger partial charge in [-0.25, -0.2) is 4.98 Å². The van der Waals surface area contributed by atoms with Gasteiger partial charge in [-0.05, 0) is 36.1 Å². The first kappa shape index (κ1) is 16.3. The fraction of sp³-hybridized carbons (Fsp3) is 0.182. The molecular formula is C22H19N3OS. The van der Waals surface area contributed by atoms with E-state index < -0.39 is 0 Å². The van der Waals surface area contributed by atoms with Crippen LogP contribution in [-0.4, -0.2) is 23.1 Å². The summed E-state index contributed by atoms with van der Waals surface area (Å²) >= 11 is 1.51. The molecule has 5 heteroatoms. The van der Waals surface area contributed by atoms with Crippen molar-refractivity contribution in [3.8, 4) is 21.6 Å². The molecule has 0 amide bonds. The lowest BCUT2D eigenvalue weighted by Crippen LogP contribution is -2.17. The molecule has 2 aromatic carbocycles. The van der Waals surface area contributed by atoms with Gasteiger partial charge in [0.2, 0.25) is 0 Å². The third kappa shape index (κ3) is 2.84. The van der Waals surface area contributed by atoms with Crippen LogP contribution >= 0.6 is 11.3 Å². The molecule has 1 aliphatic heterocycles. The molecule has 0 unspecified atom stereocenters. The summed E-state index contributed by atoms with van der Waals surface area (Å²) in [6, 6.07) is 18.9. The van der Waals surface area contributed by atoms with E-state index >= 15 is 0 Å². The zero-order valence-corrected chi connectivity index (χ0v) is 15.6. The number of nitrogens with one attached hydrogen (secondary N) is 1. The van der Waals surface area contributed by atoms with Crippen molar-refractivity contribution in [2.24, 2.45) is 0 Å². The third-order valence-electron chi connectivity index (χ3n) is 5.14. The van der Waals surface area contributed by atoms with E-state index in [0.29, 0.717) is 4.70 Å². The smallest absolute Gasteiger partial charge is 0.268 e. The van der Waals surface area contributed by atoms with Crippen molar-refractivity contribution in [2.45, 2.75) is 12.8 Å². The van der Waals surface area contributed by atoms with Crippen LogP contribution in [0, 0.1) is 0 Å². The minimum absolute atomic E-state index is 0.0814. The van der Waals surface area contributed by atoms with Crippen LogP contribution in [-0.2, 0) is 0 Å². The van der Waals surface area contributed by atoms with E-state index in [1.165, 1.54) is 36.2 Å². The summed E-state index contributed by atoms with van der Waals surface area (Å²) in [5.74, 6) is 0. The van der Waals surface area contributed by atoms with Crippen molar-refractivity contribution in [1.29, 1.82) is 0 Å². The highest BCUT2D eigenvalue weighted by Gasteiger charge is 2.19. The van der Waals surface area contributed by atoms with E-state index in [1.807, 2.05) is 18.2 Å². The molecule has 1 saturated heterocycles. The molecule has 0 radical (unpaired) electrons. The Morgan fingerprint density at radius 2 is 1.67 bits per heavy atom. The molecule has 134 valence electrons. The Balaban J connectivity index is 1.69. The third-order valence-corrected chi connectivity index (χ3v) is 6.37. The molecule has 0 aliphatic carbocycles. The van der Waals surface area contributed by atoms with Gasteiger partial charge in [-0.2, -0.15) is 0 Å². The number of aromatic amines is 1. The van der Waals surface area contributed by atoms with Crippen molar-refractivity contribution >= 4 is 27.2 Å². The van der Waals surface area contributed by atoms with Gasteiger partial charge < -0.3 is 9.88 Å². The maximum absolute atomic E-state index is 12.3. The first-order valence-electron chi connectivity index (χ1n) is 9.22. The number of hydrogen-bond donors (Lipinski definition) is 1. The number of nitrogens with zero attached hydrogens (tertiary/aromatic N) is 2. The molecule has 1 aliphatic rings. The molecule has 3 heterocycles. The Hall–Kier alpha value is -2.92. The summed E-state index contributed by atoms with van der Waals surface area (Å²) in [6.07, 6.45) is 4.03. The SMILES string of the molecule is O=c1[nH]cnc2c(-c3ccc(N4CCCC4)cc3)c(-c3ccccc3)sc12. The number of anilines is 1. The van der Waals surface area contributed by atoms with Gasteiger partial charge in [0, 0.05) is 29.2 Å². The van der Waals surface area contributed by atoms with Crippen LogP contribution in [0.4, 0.5) is 5.69 Å². The predicted octanol–water partition coefficient (Wildman–Crippen LogP) is 4.92. The second-order valence-corrected chi connectivity index (χ2v) is 7.84. The van der Waals surface area contributed by atoms with E-state index in [2.05, 4.69) is 51.3 Å². The highest BCUT2D eigenvalue weighted by Crippen LogP contribution is 2.43. The second-order valence-electron chi connectivity index (χ2n) is 6.82. The number of benzene rings is 2. The highest BCUT2D eigenvalue weighted by atomic mass is 32.1. The normalized spacial score (nSPS) is 14.1. The number of H-pyrrole nitrogens is 1. The first-order valence-corrected chi connectivity index (χ1v) is 10.0. The number of thiophene rings is 1. The summed E-state index contributed by atoms with van der Waals surface area (Å²) < 4.78 is 0.676. The zero-order chi connectivity index (χ0) is 18.2. The summed E-state index contributed by atoms with van der Waals surface area (Å²) in [7, 11) is 0. The van der Waals surface area contributed by atoms with E-state index in [1.54, 1.807) is 0 Å². The second kappa shape index (κ2) is 6.67. The van der Waals surface area contributed by atoms with Gasteiger partial charge in [0.15, 0.2) is 0 Å². The number of hydrogen-bond acceptors (Lipinski definition) is 4. The number of fused-ring (bicyclic) bond motifs is 1. The van der Waals surface area contributed by atoms with Crippen molar-refractivity contribution in [2.75, 3.05) is 18.0 Å². The van der Waals surface area contributed by atoms with Crippen LogP contribution in [0.2, 0.25) is 0 Å². The van der Waals surface area contributed by atoms with Crippen LogP contribution < -0.4 is 10.5 Å². The van der Waals surface area contributed by atoms with E-state index in [9.17, 15) is 4.79 Å². The molecule has 0 saturated carbocycles. The lowest BCUT2D eigenvalue weighted by atomic mass is 10.0. The number of aromatic nitrogens is 2. The Bertz CT molecular complexity index is 1140. The van der Waals surface area contributed by atoms with Gasteiger partial charge >= 0.3 is 0 Å². The molecule has 27 heavy (non-hydrogen) atoms. The van der Waals surface area contributed by atoms with Gasteiger partial charge in [0.1, 0.15) is 4.70 Å². The van der Waals surface area contributed by atoms with Crippen molar-refractivity contribution in [3.63, 3.8) is 0 Å². The fourth-order valence-electron chi connectivity index (χ4n) is 3.80. The predicted molar refractivity (Wildman–Crippen MR) is 113 cm³/mol. The lowest BCUT2D eigenvalue weighted by Gasteiger charge is -2.17. The molecule has 0 bridgehead atoms. The average molecular weight is 373 g/mol. The Kier molecular flexibility index (Phi) is 4.02. The largest absolute Gasteiger partial charge is 0.372 e. The fourth-order valence-corrected chi connectivity index (χ4v) is 4.97. The Labute approximate surface area is 161 Å². The quantitative estimate of drug-likeness (QED) is 0.555. The molecule has 5 rings (SSSR count). The highest BCUT2D eigenvalue weighted by molar-refractivity contribution is 7.22. The van der Waals surface area contributed by atoms with Crippen molar-refractivity contribution < 1.29 is 0 Å². The van der Waals surface area contributed by atoms with Crippen LogP contribution in [0.15, 0.2) is 65.7 Å². The molecule has 0 atom stereocenters. The molecule has 1 N–H and O–H groups in total. The Morgan fingerprint density at radius 3 is 2.41 bits per heavy atom. The van der Waals surface area contributed by atoms with E-state index in [-0.39, 0.29) is 5.56 Å². The molecule has 0 spiro atoms. The van der Waals surface area contributed by atoms with Gasteiger partial charge in [-0.1, -0.05) is 42.5 Å². The van der Waals surface area contributed by atoms with E-state index in [4.69, 9.17) is 0 Å². The van der Waals surface area contributed by atoms with Crippen LogP contribution in [0.25, 0.3) is 31.8 Å². The maximum Gasteiger partial charge on any atom is 0.268 e. The molecule has 4 nitrogen and oxygen atoms in total. The maximum atomic E-state index is 12.3. The summed E-state index contributed by atoms with van der Waals surface area (Å²) in [5, 5.41) is 0.